The third-order valence-electron chi connectivity index (χ3n) is 4.41. The maximum Gasteiger partial charge on any atom is 0.294 e. The molecule has 31 heavy (non-hydrogen) atoms. The predicted molar refractivity (Wildman–Crippen MR) is 112 cm³/mol. The van der Waals surface area contributed by atoms with Gasteiger partial charge >= 0.3 is 0 Å². The van der Waals surface area contributed by atoms with E-state index < -0.39 is 55.2 Å². The molecule has 0 aliphatic rings. The van der Waals surface area contributed by atoms with Crippen LogP contribution in [0.3, 0.4) is 0 Å². The van der Waals surface area contributed by atoms with Crippen LogP contribution < -0.4 is 16.2 Å². The van der Waals surface area contributed by atoms with Gasteiger partial charge in [0.25, 0.3) is 26.0 Å². The Morgan fingerprint density at radius 1 is 1.13 bits per heavy atom. The largest absolute Gasteiger partial charge is 0.370 e. The van der Waals surface area contributed by atoms with Crippen molar-refractivity contribution >= 4 is 43.6 Å². The average molecular weight is 490 g/mol. The Labute approximate surface area is 184 Å². The van der Waals surface area contributed by atoms with Crippen molar-refractivity contribution in [3.63, 3.8) is 0 Å². The fraction of sp³-hybridized carbons (Fsp3) is 0.222. The lowest BCUT2D eigenvalue weighted by atomic mass is 9.87. The lowest BCUT2D eigenvalue weighted by Crippen LogP contribution is -2.47. The molecule has 0 spiro atoms. The molecular formula is C18H20ClN3O7S2. The maximum atomic E-state index is 12.6. The third-order valence-corrected chi connectivity index (χ3v) is 7.09. The van der Waals surface area contributed by atoms with E-state index in [1.807, 2.05) is 0 Å². The fourth-order valence-electron chi connectivity index (χ4n) is 2.89. The van der Waals surface area contributed by atoms with E-state index in [2.05, 4.69) is 0 Å². The molecule has 0 saturated carbocycles. The van der Waals surface area contributed by atoms with Crippen LogP contribution in [0.4, 0.5) is 0 Å². The highest BCUT2D eigenvalue weighted by atomic mass is 35.5. The summed E-state index contributed by atoms with van der Waals surface area (Å²) in [5, 5.41) is -0.00104. The zero-order valence-corrected chi connectivity index (χ0v) is 18.5. The van der Waals surface area contributed by atoms with Crippen LogP contribution in [0.5, 0.6) is 0 Å². The number of benzene rings is 2. The summed E-state index contributed by atoms with van der Waals surface area (Å²) in [6.45, 7) is 1.52. The number of nitrogens with two attached hydrogens (primary N) is 2. The molecule has 10 nitrogen and oxygen atoms in total. The Kier molecular flexibility index (Phi) is 7.44. The van der Waals surface area contributed by atoms with Crippen molar-refractivity contribution in [1.29, 1.82) is 0 Å². The first kappa shape index (κ1) is 24.8. The molecule has 2 amide bonds. The molecule has 1 unspecified atom stereocenters. The van der Waals surface area contributed by atoms with Gasteiger partial charge in [0, 0.05) is 17.4 Å². The molecule has 0 aliphatic heterocycles. The van der Waals surface area contributed by atoms with E-state index in [0.717, 1.165) is 6.07 Å². The van der Waals surface area contributed by atoms with E-state index >= 15 is 0 Å². The van der Waals surface area contributed by atoms with Crippen molar-refractivity contribution in [2.24, 2.45) is 11.5 Å². The van der Waals surface area contributed by atoms with Gasteiger partial charge < -0.3 is 11.5 Å². The molecule has 168 valence electrons. The molecule has 13 heteroatoms. The molecule has 6 N–H and O–H groups in total. The number of hydrogen-bond acceptors (Lipinski definition) is 7. The van der Waals surface area contributed by atoms with Crippen molar-refractivity contribution in [2.45, 2.75) is 35.1 Å². The van der Waals surface area contributed by atoms with E-state index in [0.29, 0.717) is 5.56 Å². The Bertz CT molecular complexity index is 1220. The Hall–Kier alpha value is -2.51. The fourth-order valence-corrected chi connectivity index (χ4v) is 4.93. The molecular weight excluding hydrogens is 470 g/mol. The van der Waals surface area contributed by atoms with Crippen molar-refractivity contribution in [3.05, 3.63) is 58.6 Å². The van der Waals surface area contributed by atoms with Gasteiger partial charge in [0.2, 0.25) is 5.91 Å². The number of rotatable bonds is 8. The lowest BCUT2D eigenvalue weighted by Gasteiger charge is -2.25. The van der Waals surface area contributed by atoms with Crippen molar-refractivity contribution < 1.29 is 31.0 Å². The van der Waals surface area contributed by atoms with Crippen LogP contribution in [-0.4, -0.2) is 39.2 Å². The zero-order valence-electron chi connectivity index (χ0n) is 16.1. The monoisotopic (exact) mass is 489 g/mol. The highest BCUT2D eigenvalue weighted by Crippen LogP contribution is 2.33. The predicted octanol–water partition coefficient (Wildman–Crippen LogP) is 0.687. The third kappa shape index (κ3) is 6.02. The van der Waals surface area contributed by atoms with Gasteiger partial charge in [0.05, 0.1) is 15.8 Å². The Morgan fingerprint density at radius 3 is 2.23 bits per heavy atom. The average Bonchev–Trinajstić information content (AvgIpc) is 2.66. The first-order valence-corrected chi connectivity index (χ1v) is 12.0. The first-order chi connectivity index (χ1) is 14.2. The molecule has 2 aromatic rings. The summed E-state index contributed by atoms with van der Waals surface area (Å²) >= 11 is 5.94. The minimum Gasteiger partial charge on any atom is -0.370 e. The van der Waals surface area contributed by atoms with Crippen LogP contribution >= 0.6 is 11.6 Å². The number of aryl methyl sites for hydroxylation is 1. The number of halogens is 1. The van der Waals surface area contributed by atoms with Crippen molar-refractivity contribution in [2.75, 3.05) is 0 Å². The number of carbonyl (C=O) groups excluding carboxylic acids is 2. The smallest absolute Gasteiger partial charge is 0.294 e. The summed E-state index contributed by atoms with van der Waals surface area (Å²) in [5.74, 6) is -3.52. The number of carbonyl (C=O) groups is 2. The van der Waals surface area contributed by atoms with E-state index in [4.69, 9.17) is 23.1 Å². The van der Waals surface area contributed by atoms with Gasteiger partial charge in [-0.25, -0.2) is 13.1 Å². The van der Waals surface area contributed by atoms with E-state index in [-0.39, 0.29) is 15.5 Å². The van der Waals surface area contributed by atoms with E-state index in [1.54, 1.807) is 10.8 Å². The Morgan fingerprint density at radius 2 is 1.71 bits per heavy atom. The van der Waals surface area contributed by atoms with Gasteiger partial charge in [-0.1, -0.05) is 35.9 Å². The summed E-state index contributed by atoms with van der Waals surface area (Å²) in [7, 11) is -9.12. The lowest BCUT2D eigenvalue weighted by molar-refractivity contribution is -0.122. The summed E-state index contributed by atoms with van der Waals surface area (Å²) in [6.07, 6.45) is -0.608. The molecule has 0 fully saturated rings. The summed E-state index contributed by atoms with van der Waals surface area (Å²) in [6, 6.07) is 7.44. The molecule has 2 rings (SSSR count). The second-order valence-corrected chi connectivity index (χ2v) is 10.2. The van der Waals surface area contributed by atoms with Gasteiger partial charge in [-0.15, -0.1) is 0 Å². The normalized spacial score (nSPS) is 13.9. The van der Waals surface area contributed by atoms with E-state index in [9.17, 15) is 31.0 Å². The molecule has 0 bridgehead atoms. The molecule has 0 heterocycles. The highest BCUT2D eigenvalue weighted by molar-refractivity contribution is 7.90. The maximum absolute atomic E-state index is 12.6. The second-order valence-electron chi connectivity index (χ2n) is 6.70. The SMILES string of the molecule is Cc1cc(C(CC(N)=O)[C@H](N)C(=O)NS(=O)(=O)c2ccccc2)c(S(=O)(=O)O)cc1Cl. The van der Waals surface area contributed by atoms with Crippen molar-refractivity contribution in [1.82, 2.24) is 4.72 Å². The minimum absolute atomic E-state index is 0.00104. The van der Waals surface area contributed by atoms with Crippen LogP contribution in [0, 0.1) is 6.92 Å². The number of sulfonamides is 1. The van der Waals surface area contributed by atoms with Crippen LogP contribution in [-0.2, 0) is 29.7 Å². The molecule has 2 aromatic carbocycles. The highest BCUT2D eigenvalue weighted by Gasteiger charge is 2.34. The minimum atomic E-state index is -4.83. The van der Waals surface area contributed by atoms with Gasteiger partial charge in [-0.05, 0) is 36.2 Å². The zero-order chi connectivity index (χ0) is 23.6. The Balaban J connectivity index is 2.51. The molecule has 2 atom stereocenters. The topological polar surface area (TPSA) is 187 Å². The molecule has 0 radical (unpaired) electrons. The number of nitrogens with one attached hydrogen (secondary N) is 1. The second kappa shape index (κ2) is 9.32. The van der Waals surface area contributed by atoms with Crippen LogP contribution in [0.25, 0.3) is 0 Å². The van der Waals surface area contributed by atoms with Gasteiger partial charge in [0.1, 0.15) is 0 Å². The van der Waals surface area contributed by atoms with Gasteiger partial charge in [-0.2, -0.15) is 8.42 Å². The molecule has 0 aliphatic carbocycles. The standard InChI is InChI=1S/C18H20ClN3O7S2/c1-10-7-12(15(9-14(10)19)31(27,28)29)13(8-16(20)23)17(21)18(24)22-30(25,26)11-5-3-2-4-6-11/h2-7,9,13,17H,8,21H2,1H3,(H2,20,23)(H,22,24)(H,27,28,29)/t13?,17-/m0/s1. The van der Waals surface area contributed by atoms with Gasteiger partial charge in [0.15, 0.2) is 0 Å². The molecule has 0 aromatic heterocycles. The quantitative estimate of drug-likeness (QED) is 0.389. The number of hydrogen-bond donors (Lipinski definition) is 4. The first-order valence-electron chi connectivity index (χ1n) is 8.67. The van der Waals surface area contributed by atoms with Gasteiger partial charge in [-0.3, -0.25) is 14.1 Å². The van der Waals surface area contributed by atoms with Crippen LogP contribution in [0.2, 0.25) is 5.02 Å². The number of primary amides is 1. The summed E-state index contributed by atoms with van der Waals surface area (Å²) in [5.41, 5.74) is 11.3. The number of amides is 2. The van der Waals surface area contributed by atoms with Crippen molar-refractivity contribution in [3.8, 4) is 0 Å². The van der Waals surface area contributed by atoms with Crippen LogP contribution in [0.1, 0.15) is 23.5 Å². The van der Waals surface area contributed by atoms with E-state index in [1.165, 1.54) is 37.3 Å². The summed E-state index contributed by atoms with van der Waals surface area (Å²) in [4.78, 5) is 23.4. The summed E-state index contributed by atoms with van der Waals surface area (Å²) < 4.78 is 59.9. The molecule has 0 saturated heterocycles. The van der Waals surface area contributed by atoms with Crippen LogP contribution in [0.15, 0.2) is 52.3 Å².